The van der Waals surface area contributed by atoms with E-state index >= 15 is 0 Å². The molecular weight excluding hydrogens is 418 g/mol. The van der Waals surface area contributed by atoms with Crippen LogP contribution in [0.25, 0.3) is 5.76 Å². The van der Waals surface area contributed by atoms with E-state index in [9.17, 15) is 34.8 Å². The number of phenols is 1. The largest absolute Gasteiger partial charge is 0.508 e. The molecule has 1 heterocycles. The topological polar surface area (TPSA) is 196 Å². The summed E-state index contributed by atoms with van der Waals surface area (Å²) in [6.45, 7) is 0.653. The number of benzene rings is 1. The van der Waals surface area contributed by atoms with Crippen molar-refractivity contribution < 1.29 is 34.8 Å². The summed E-state index contributed by atoms with van der Waals surface area (Å²) in [7, 11) is 0. The predicted molar refractivity (Wildman–Crippen MR) is 112 cm³/mol. The molecule has 1 aromatic carbocycles. The lowest BCUT2D eigenvalue weighted by molar-refractivity contribution is -0.149. The first-order valence-electron chi connectivity index (χ1n) is 10.4. The monoisotopic (exact) mass is 441 g/mol. The average molecular weight is 441 g/mol. The molecule has 0 bridgehead atoms. The van der Waals surface area contributed by atoms with Crippen molar-refractivity contribution in [3.63, 3.8) is 0 Å². The number of nitrogens with one attached hydrogen (secondary N) is 1. The van der Waals surface area contributed by atoms with E-state index in [1.807, 2.05) is 6.07 Å². The van der Waals surface area contributed by atoms with Crippen LogP contribution >= 0.6 is 0 Å². The molecular formula is C22H23N3O7. The Kier molecular flexibility index (Phi) is 4.21. The van der Waals surface area contributed by atoms with Crippen LogP contribution in [0.1, 0.15) is 29.5 Å². The van der Waals surface area contributed by atoms with E-state index in [0.29, 0.717) is 17.8 Å². The van der Waals surface area contributed by atoms with Crippen LogP contribution in [0, 0.1) is 11.8 Å². The highest BCUT2D eigenvalue weighted by atomic mass is 16.3. The highest BCUT2D eigenvalue weighted by molar-refractivity contribution is 6.24. The van der Waals surface area contributed by atoms with Crippen molar-refractivity contribution in [3.05, 3.63) is 39.7 Å². The maximum absolute atomic E-state index is 13.5. The Bertz CT molecular complexity index is 1180. The fourth-order valence-corrected chi connectivity index (χ4v) is 5.72. The number of phenolic OH excluding ortho intramolecular Hbond substituents is 1. The number of aliphatic hydroxyl groups excluding tert-OH is 2. The SMILES string of the molecule is NC(=O)C1=C(O)[C@@]2(O)C(=O)C3=C(O)c4c(cc5c(c4O)NCCC5)C[C@H]3C[C@H]2[C@H](N)C1=O. The lowest BCUT2D eigenvalue weighted by Gasteiger charge is -2.48. The van der Waals surface area contributed by atoms with E-state index in [2.05, 4.69) is 5.32 Å². The van der Waals surface area contributed by atoms with Crippen LogP contribution in [-0.4, -0.2) is 56.1 Å². The van der Waals surface area contributed by atoms with Crippen molar-refractivity contribution in [1.29, 1.82) is 0 Å². The third-order valence-electron chi connectivity index (χ3n) is 7.25. The normalized spacial score (nSPS) is 31.4. The zero-order chi connectivity index (χ0) is 23.1. The minimum absolute atomic E-state index is 0.000177. The van der Waals surface area contributed by atoms with Crippen molar-refractivity contribution in [2.75, 3.05) is 11.9 Å². The molecule has 1 amide bonds. The van der Waals surface area contributed by atoms with Crippen LogP contribution in [0.2, 0.25) is 0 Å². The van der Waals surface area contributed by atoms with Gasteiger partial charge in [0, 0.05) is 18.0 Å². The van der Waals surface area contributed by atoms with E-state index < -0.39 is 58.0 Å². The maximum Gasteiger partial charge on any atom is 0.255 e. The Balaban J connectivity index is 1.72. The number of nitrogens with two attached hydrogens (primary N) is 2. The smallest absolute Gasteiger partial charge is 0.255 e. The second-order valence-corrected chi connectivity index (χ2v) is 8.90. The number of rotatable bonds is 1. The van der Waals surface area contributed by atoms with Gasteiger partial charge in [-0.3, -0.25) is 14.4 Å². The van der Waals surface area contributed by atoms with Crippen LogP contribution in [0.3, 0.4) is 0 Å². The van der Waals surface area contributed by atoms with E-state index in [1.54, 1.807) is 0 Å². The molecule has 1 aromatic rings. The number of aryl methyl sites for hydroxylation is 1. The van der Waals surface area contributed by atoms with Gasteiger partial charge in [-0.05, 0) is 42.7 Å². The molecule has 0 aromatic heterocycles. The zero-order valence-corrected chi connectivity index (χ0v) is 17.0. The van der Waals surface area contributed by atoms with Crippen LogP contribution in [0.4, 0.5) is 5.69 Å². The first kappa shape index (κ1) is 20.5. The second kappa shape index (κ2) is 6.57. The van der Waals surface area contributed by atoms with Gasteiger partial charge in [-0.15, -0.1) is 0 Å². The molecule has 1 saturated carbocycles. The molecule has 32 heavy (non-hydrogen) atoms. The number of Topliss-reactive ketones (excluding diaryl/α,β-unsaturated/α-hetero) is 2. The number of fused-ring (bicyclic) bond motifs is 4. The first-order chi connectivity index (χ1) is 15.1. The number of carbonyl (C=O) groups excluding carboxylic acids is 3. The van der Waals surface area contributed by atoms with Crippen LogP contribution in [0.5, 0.6) is 5.75 Å². The number of anilines is 1. The van der Waals surface area contributed by atoms with Crippen molar-refractivity contribution >= 4 is 28.9 Å². The van der Waals surface area contributed by atoms with Gasteiger partial charge in [0.05, 0.1) is 17.3 Å². The van der Waals surface area contributed by atoms with Gasteiger partial charge < -0.3 is 37.2 Å². The van der Waals surface area contributed by atoms with E-state index in [0.717, 1.165) is 18.4 Å². The standard InChI is InChI=1S/C22H23N3O7/c23-14-10-6-9-5-8-4-7-2-1-3-25-15(7)18(28)11(8)16(26)12(9)19(29)22(10,32)20(30)13(17(14)27)21(24)31/h4,9-10,14,25-26,28,30,32H,1-3,5-6,23H2,(H2,24,31)/t9-,10-,14-,22-/m0/s1. The Hall–Kier alpha value is -3.37. The number of carbonyl (C=O) groups is 3. The fraction of sp³-hybridized carbons (Fsp3) is 0.409. The van der Waals surface area contributed by atoms with E-state index in [1.165, 1.54) is 0 Å². The molecule has 3 aliphatic carbocycles. The predicted octanol–water partition coefficient (Wildman–Crippen LogP) is -0.281. The molecule has 9 N–H and O–H groups in total. The number of aliphatic hydroxyl groups is 3. The van der Waals surface area contributed by atoms with E-state index in [4.69, 9.17) is 11.5 Å². The number of hydrogen-bond acceptors (Lipinski definition) is 9. The molecule has 0 radical (unpaired) electrons. The summed E-state index contributed by atoms with van der Waals surface area (Å²) < 4.78 is 0. The molecule has 0 spiro atoms. The highest BCUT2D eigenvalue weighted by Crippen LogP contribution is 2.53. The summed E-state index contributed by atoms with van der Waals surface area (Å²) in [4.78, 5) is 37.8. The molecule has 168 valence electrons. The number of primary amides is 1. The molecule has 1 aliphatic heterocycles. The molecule has 10 heteroatoms. The Labute approximate surface area is 182 Å². The zero-order valence-electron chi connectivity index (χ0n) is 17.0. The van der Waals surface area contributed by atoms with Crippen molar-refractivity contribution in [1.82, 2.24) is 0 Å². The van der Waals surface area contributed by atoms with Gasteiger partial charge in [-0.2, -0.15) is 0 Å². The van der Waals surface area contributed by atoms with Gasteiger partial charge >= 0.3 is 0 Å². The third-order valence-corrected chi connectivity index (χ3v) is 7.25. The molecule has 5 rings (SSSR count). The number of amides is 1. The van der Waals surface area contributed by atoms with Gasteiger partial charge in [0.2, 0.25) is 5.78 Å². The third kappa shape index (κ3) is 2.39. The quantitative estimate of drug-likeness (QED) is 0.226. The molecule has 4 atom stereocenters. The second-order valence-electron chi connectivity index (χ2n) is 8.90. The van der Waals surface area contributed by atoms with Gasteiger partial charge in [0.25, 0.3) is 5.91 Å². The Morgan fingerprint density at radius 3 is 2.59 bits per heavy atom. The minimum atomic E-state index is -2.68. The number of hydrogen-bond donors (Lipinski definition) is 7. The molecule has 10 nitrogen and oxygen atoms in total. The minimum Gasteiger partial charge on any atom is -0.508 e. The average Bonchev–Trinajstić information content (AvgIpc) is 2.74. The van der Waals surface area contributed by atoms with Crippen molar-refractivity contribution in [2.45, 2.75) is 37.3 Å². The molecule has 0 saturated heterocycles. The summed E-state index contributed by atoms with van der Waals surface area (Å²) in [5.74, 6) is -6.96. The molecule has 0 unspecified atom stereocenters. The number of ketones is 2. The first-order valence-corrected chi connectivity index (χ1v) is 10.4. The van der Waals surface area contributed by atoms with Crippen LogP contribution < -0.4 is 16.8 Å². The number of aromatic hydroxyl groups is 1. The van der Waals surface area contributed by atoms with Crippen molar-refractivity contribution in [2.24, 2.45) is 23.3 Å². The summed E-state index contributed by atoms with van der Waals surface area (Å²) in [5.41, 5.74) is 9.53. The van der Waals surface area contributed by atoms with Crippen LogP contribution in [-0.2, 0) is 27.2 Å². The summed E-state index contributed by atoms with van der Waals surface area (Å²) in [5, 5.41) is 46.9. The highest BCUT2D eigenvalue weighted by Gasteiger charge is 2.63. The van der Waals surface area contributed by atoms with Crippen molar-refractivity contribution in [3.8, 4) is 5.75 Å². The molecule has 4 aliphatic rings. The van der Waals surface area contributed by atoms with Gasteiger partial charge in [-0.1, -0.05) is 6.07 Å². The molecule has 1 fully saturated rings. The van der Waals surface area contributed by atoms with E-state index in [-0.39, 0.29) is 29.7 Å². The summed E-state index contributed by atoms with van der Waals surface area (Å²) in [6.07, 6.45) is 1.91. The van der Waals surface area contributed by atoms with Crippen LogP contribution in [0.15, 0.2) is 23.0 Å². The van der Waals surface area contributed by atoms with Gasteiger partial charge in [0.15, 0.2) is 11.4 Å². The lowest BCUT2D eigenvalue weighted by Crippen LogP contribution is -2.65. The lowest BCUT2D eigenvalue weighted by atomic mass is 9.58. The summed E-state index contributed by atoms with van der Waals surface area (Å²) >= 11 is 0. The van der Waals surface area contributed by atoms with Gasteiger partial charge in [0.1, 0.15) is 22.8 Å². The Morgan fingerprint density at radius 1 is 1.19 bits per heavy atom. The Morgan fingerprint density at radius 2 is 1.91 bits per heavy atom. The maximum atomic E-state index is 13.5. The fourth-order valence-electron chi connectivity index (χ4n) is 5.72. The summed E-state index contributed by atoms with van der Waals surface area (Å²) in [6, 6.07) is 0.442. The van der Waals surface area contributed by atoms with Gasteiger partial charge in [-0.25, -0.2) is 0 Å².